The van der Waals surface area contributed by atoms with Crippen LogP contribution in [-0.2, 0) is 11.3 Å². The van der Waals surface area contributed by atoms with Crippen molar-refractivity contribution >= 4 is 34.3 Å². The lowest BCUT2D eigenvalue weighted by Gasteiger charge is -2.19. The van der Waals surface area contributed by atoms with Crippen LogP contribution in [0.1, 0.15) is 13.8 Å². The van der Waals surface area contributed by atoms with Gasteiger partial charge in [0.2, 0.25) is 5.91 Å². The molecule has 0 spiro atoms. The Labute approximate surface area is 178 Å². The number of nitrogens with one attached hydrogen (secondary N) is 1. The highest BCUT2D eigenvalue weighted by Crippen LogP contribution is 2.32. The summed E-state index contributed by atoms with van der Waals surface area (Å²) in [5, 5.41) is 4.00. The Kier molecular flexibility index (Phi) is 5.94. The summed E-state index contributed by atoms with van der Waals surface area (Å²) in [6.45, 7) is 5.64. The summed E-state index contributed by atoms with van der Waals surface area (Å²) in [7, 11) is 0. The highest BCUT2D eigenvalue weighted by atomic mass is 32.2. The maximum absolute atomic E-state index is 12.9. The number of carbonyl (C=O) groups is 1. The molecule has 3 aromatic rings. The predicted molar refractivity (Wildman–Crippen MR) is 118 cm³/mol. The summed E-state index contributed by atoms with van der Waals surface area (Å²) in [6, 6.07) is 12.6. The van der Waals surface area contributed by atoms with Crippen molar-refractivity contribution in [3.63, 3.8) is 0 Å². The molecule has 1 amide bonds. The number of ether oxygens (including phenoxy) is 2. The van der Waals surface area contributed by atoms with Crippen molar-refractivity contribution in [2.45, 2.75) is 25.5 Å². The zero-order valence-electron chi connectivity index (χ0n) is 16.9. The third kappa shape index (κ3) is 4.43. The van der Waals surface area contributed by atoms with Crippen LogP contribution in [0.4, 0.5) is 5.69 Å². The summed E-state index contributed by atoms with van der Waals surface area (Å²) >= 11 is 1.26. The highest BCUT2D eigenvalue weighted by Gasteiger charge is 2.16. The second-order valence-corrected chi connectivity index (χ2v) is 8.36. The van der Waals surface area contributed by atoms with E-state index in [9.17, 15) is 9.59 Å². The van der Waals surface area contributed by atoms with Crippen LogP contribution in [0.2, 0.25) is 0 Å². The zero-order chi connectivity index (χ0) is 21.1. The molecular weight excluding hydrogens is 402 g/mol. The third-order valence-electron chi connectivity index (χ3n) is 4.53. The number of rotatable bonds is 6. The van der Waals surface area contributed by atoms with Gasteiger partial charge in [-0.2, -0.15) is 0 Å². The molecule has 0 saturated heterocycles. The number of aromatic nitrogens is 2. The quantitative estimate of drug-likeness (QED) is 0.480. The molecule has 1 aliphatic heterocycles. The Bertz CT molecular complexity index is 1140. The number of fused-ring (bicyclic) bond motifs is 2. The van der Waals surface area contributed by atoms with Crippen LogP contribution in [0.3, 0.4) is 0 Å². The zero-order valence-corrected chi connectivity index (χ0v) is 17.7. The fourth-order valence-electron chi connectivity index (χ4n) is 3.23. The first-order valence-corrected chi connectivity index (χ1v) is 10.8. The van der Waals surface area contributed by atoms with Gasteiger partial charge in [0.05, 0.1) is 16.7 Å². The Morgan fingerprint density at radius 3 is 2.73 bits per heavy atom. The van der Waals surface area contributed by atoms with Crippen LogP contribution in [-0.4, -0.2) is 34.4 Å². The lowest BCUT2D eigenvalue weighted by Crippen LogP contribution is -2.26. The van der Waals surface area contributed by atoms with Crippen molar-refractivity contribution in [2.75, 3.05) is 24.3 Å². The van der Waals surface area contributed by atoms with E-state index in [1.165, 1.54) is 11.8 Å². The van der Waals surface area contributed by atoms with Gasteiger partial charge in [-0.3, -0.25) is 14.2 Å². The topological polar surface area (TPSA) is 82.5 Å². The number of benzene rings is 2. The number of hydrogen-bond donors (Lipinski definition) is 1. The summed E-state index contributed by atoms with van der Waals surface area (Å²) in [5.41, 5.74) is 1.19. The van der Waals surface area contributed by atoms with Crippen LogP contribution < -0.4 is 20.3 Å². The van der Waals surface area contributed by atoms with Gasteiger partial charge in [0, 0.05) is 18.3 Å². The van der Waals surface area contributed by atoms with Crippen LogP contribution in [0.15, 0.2) is 52.4 Å². The van der Waals surface area contributed by atoms with Crippen LogP contribution in [0.5, 0.6) is 11.5 Å². The van der Waals surface area contributed by atoms with E-state index in [-0.39, 0.29) is 23.1 Å². The minimum Gasteiger partial charge on any atom is -0.486 e. The summed E-state index contributed by atoms with van der Waals surface area (Å²) < 4.78 is 12.7. The van der Waals surface area contributed by atoms with Crippen molar-refractivity contribution in [1.29, 1.82) is 0 Å². The molecule has 2 aromatic carbocycles. The first kappa shape index (κ1) is 20.3. The predicted octanol–water partition coefficient (Wildman–Crippen LogP) is 3.55. The van der Waals surface area contributed by atoms with Crippen molar-refractivity contribution in [3.05, 3.63) is 52.8 Å². The molecule has 1 aromatic heterocycles. The van der Waals surface area contributed by atoms with E-state index in [0.717, 1.165) is 0 Å². The number of para-hydroxylation sites is 1. The molecule has 7 nitrogen and oxygen atoms in total. The van der Waals surface area contributed by atoms with Crippen LogP contribution >= 0.6 is 11.8 Å². The second kappa shape index (κ2) is 8.79. The van der Waals surface area contributed by atoms with Gasteiger partial charge in [0.1, 0.15) is 13.2 Å². The lowest BCUT2D eigenvalue weighted by atomic mass is 10.2. The standard InChI is InChI=1S/C22H23N3O4S/c1-14(2)12-25-21(27)16-5-3-4-6-17(16)24-22(25)30-13-20(26)23-15-7-8-18-19(11-15)29-10-9-28-18/h3-8,11,14H,9-10,12-13H2,1-2H3,(H,23,26). The van der Waals surface area contributed by atoms with Gasteiger partial charge in [-0.25, -0.2) is 4.98 Å². The number of thioether (sulfide) groups is 1. The molecule has 1 N–H and O–H groups in total. The van der Waals surface area contributed by atoms with Crippen molar-refractivity contribution in [2.24, 2.45) is 5.92 Å². The molecule has 30 heavy (non-hydrogen) atoms. The number of carbonyl (C=O) groups excluding carboxylic acids is 1. The lowest BCUT2D eigenvalue weighted by molar-refractivity contribution is -0.113. The molecule has 8 heteroatoms. The average Bonchev–Trinajstić information content (AvgIpc) is 2.74. The summed E-state index contributed by atoms with van der Waals surface area (Å²) in [6.07, 6.45) is 0. The largest absolute Gasteiger partial charge is 0.486 e. The van der Waals surface area contributed by atoms with E-state index in [4.69, 9.17) is 9.47 Å². The van der Waals surface area contributed by atoms with Crippen molar-refractivity contribution in [3.8, 4) is 11.5 Å². The SMILES string of the molecule is CC(C)Cn1c(SCC(=O)Nc2ccc3c(c2)OCCO3)nc2ccccc2c1=O. The van der Waals surface area contributed by atoms with Gasteiger partial charge in [-0.05, 0) is 30.2 Å². The average molecular weight is 426 g/mol. The highest BCUT2D eigenvalue weighted by molar-refractivity contribution is 7.99. The van der Waals surface area contributed by atoms with Gasteiger partial charge >= 0.3 is 0 Å². The van der Waals surface area contributed by atoms with E-state index >= 15 is 0 Å². The van der Waals surface area contributed by atoms with Gasteiger partial charge in [-0.1, -0.05) is 37.7 Å². The van der Waals surface area contributed by atoms with Gasteiger partial charge < -0.3 is 14.8 Å². The van der Waals surface area contributed by atoms with Crippen LogP contribution in [0, 0.1) is 5.92 Å². The Balaban J connectivity index is 1.51. The summed E-state index contributed by atoms with van der Waals surface area (Å²) in [4.78, 5) is 30.1. The van der Waals surface area contributed by atoms with E-state index in [1.807, 2.05) is 32.0 Å². The smallest absolute Gasteiger partial charge is 0.262 e. The van der Waals surface area contributed by atoms with Gasteiger partial charge in [-0.15, -0.1) is 0 Å². The van der Waals surface area contributed by atoms with Gasteiger partial charge in [0.25, 0.3) is 5.56 Å². The minimum absolute atomic E-state index is 0.0796. The fraction of sp³-hybridized carbons (Fsp3) is 0.318. The Morgan fingerprint density at radius 2 is 1.93 bits per heavy atom. The van der Waals surface area contributed by atoms with E-state index < -0.39 is 0 Å². The first-order chi connectivity index (χ1) is 14.5. The third-order valence-corrected chi connectivity index (χ3v) is 5.51. The molecule has 0 atom stereocenters. The monoisotopic (exact) mass is 425 g/mol. The first-order valence-electron chi connectivity index (χ1n) is 9.83. The van der Waals surface area contributed by atoms with E-state index in [2.05, 4.69) is 10.3 Å². The van der Waals surface area contributed by atoms with Crippen LogP contribution in [0.25, 0.3) is 10.9 Å². The van der Waals surface area contributed by atoms with E-state index in [0.29, 0.717) is 53.0 Å². The molecule has 0 saturated carbocycles. The molecule has 0 unspecified atom stereocenters. The molecule has 4 rings (SSSR count). The van der Waals surface area contributed by atoms with Crippen molar-refractivity contribution < 1.29 is 14.3 Å². The molecule has 0 fully saturated rings. The minimum atomic E-state index is -0.185. The molecule has 0 aliphatic carbocycles. The molecule has 1 aliphatic rings. The number of amides is 1. The summed E-state index contributed by atoms with van der Waals surface area (Å²) in [5.74, 6) is 1.52. The molecule has 0 radical (unpaired) electrons. The maximum atomic E-state index is 12.9. The molecule has 0 bridgehead atoms. The normalized spacial score (nSPS) is 12.9. The second-order valence-electron chi connectivity index (χ2n) is 7.42. The van der Waals surface area contributed by atoms with Gasteiger partial charge in [0.15, 0.2) is 16.7 Å². The number of anilines is 1. The Morgan fingerprint density at radius 1 is 1.17 bits per heavy atom. The molecule has 2 heterocycles. The van der Waals surface area contributed by atoms with Crippen molar-refractivity contribution in [1.82, 2.24) is 9.55 Å². The number of nitrogens with zero attached hydrogens (tertiary/aromatic N) is 2. The Hall–Kier alpha value is -3.00. The fourth-order valence-corrected chi connectivity index (χ4v) is 4.04. The number of hydrogen-bond acceptors (Lipinski definition) is 6. The van der Waals surface area contributed by atoms with E-state index in [1.54, 1.807) is 28.8 Å². The molecular formula is C22H23N3O4S. The molecule has 156 valence electrons. The maximum Gasteiger partial charge on any atom is 0.262 e.